The molecular formula is C15H19BrO5. The fourth-order valence-corrected chi connectivity index (χ4v) is 3.16. The van der Waals surface area contributed by atoms with E-state index in [9.17, 15) is 9.90 Å². The Balaban J connectivity index is 2.02. The molecular weight excluding hydrogens is 340 g/mol. The Kier molecular flexibility index (Phi) is 6.17. The zero-order valence-electron chi connectivity index (χ0n) is 11.8. The van der Waals surface area contributed by atoms with Crippen LogP contribution in [0.2, 0.25) is 0 Å². The maximum Gasteiger partial charge on any atom is 0.320 e. The van der Waals surface area contributed by atoms with Gasteiger partial charge in [-0.05, 0) is 12.0 Å². The van der Waals surface area contributed by atoms with Crippen molar-refractivity contribution in [3.8, 4) is 0 Å². The molecule has 0 radical (unpaired) electrons. The normalized spacial score (nSPS) is 27.1. The van der Waals surface area contributed by atoms with E-state index < -0.39 is 23.0 Å². The smallest absolute Gasteiger partial charge is 0.320 e. The lowest BCUT2D eigenvalue weighted by Gasteiger charge is -2.37. The van der Waals surface area contributed by atoms with Gasteiger partial charge < -0.3 is 19.3 Å². The molecule has 21 heavy (non-hydrogen) atoms. The van der Waals surface area contributed by atoms with Crippen LogP contribution >= 0.6 is 15.9 Å². The Morgan fingerprint density at radius 3 is 2.86 bits per heavy atom. The van der Waals surface area contributed by atoms with Crippen LogP contribution in [0.3, 0.4) is 0 Å². The summed E-state index contributed by atoms with van der Waals surface area (Å²) in [6.07, 6.45) is -0.714. The maximum absolute atomic E-state index is 11.7. The van der Waals surface area contributed by atoms with Gasteiger partial charge in [-0.25, -0.2) is 0 Å². The van der Waals surface area contributed by atoms with E-state index in [4.69, 9.17) is 14.2 Å². The molecule has 1 aromatic rings. The minimum atomic E-state index is -1.05. The molecule has 1 aliphatic rings. The first-order valence-corrected chi connectivity index (χ1v) is 7.72. The van der Waals surface area contributed by atoms with Crippen LogP contribution in [0.5, 0.6) is 0 Å². The van der Waals surface area contributed by atoms with Gasteiger partial charge in [0.05, 0.1) is 32.3 Å². The molecule has 1 saturated heterocycles. The number of halogens is 1. The monoisotopic (exact) mass is 358 g/mol. The molecule has 0 spiro atoms. The van der Waals surface area contributed by atoms with Crippen LogP contribution in [0.1, 0.15) is 12.0 Å². The highest BCUT2D eigenvalue weighted by molar-refractivity contribution is 9.10. The number of ether oxygens (including phenoxy) is 3. The van der Waals surface area contributed by atoms with Gasteiger partial charge in [0.25, 0.3) is 0 Å². The molecule has 0 aliphatic carbocycles. The molecule has 2 unspecified atom stereocenters. The van der Waals surface area contributed by atoms with E-state index in [0.29, 0.717) is 19.6 Å². The van der Waals surface area contributed by atoms with Crippen LogP contribution in [0.15, 0.2) is 30.3 Å². The number of carbonyl (C=O) groups excluding carboxylic acids is 1. The molecule has 5 nitrogen and oxygen atoms in total. The Bertz CT molecular complexity index is 453. The van der Waals surface area contributed by atoms with Gasteiger partial charge in [-0.2, -0.15) is 0 Å². The zero-order chi connectivity index (χ0) is 15.2. The summed E-state index contributed by atoms with van der Waals surface area (Å²) in [5, 5.41) is 10.0. The lowest BCUT2D eigenvalue weighted by Crippen LogP contribution is -2.48. The highest BCUT2D eigenvalue weighted by Gasteiger charge is 2.42. The van der Waals surface area contributed by atoms with Crippen molar-refractivity contribution in [1.29, 1.82) is 0 Å². The van der Waals surface area contributed by atoms with Gasteiger partial charge in [0, 0.05) is 0 Å². The first-order chi connectivity index (χ1) is 10.1. The number of rotatable bonds is 5. The van der Waals surface area contributed by atoms with E-state index in [1.807, 2.05) is 30.3 Å². The first kappa shape index (κ1) is 16.4. The highest BCUT2D eigenvalue weighted by Crippen LogP contribution is 2.31. The lowest BCUT2D eigenvalue weighted by atomic mass is 9.93. The van der Waals surface area contributed by atoms with Crippen molar-refractivity contribution in [2.24, 2.45) is 5.92 Å². The van der Waals surface area contributed by atoms with Crippen molar-refractivity contribution >= 4 is 21.9 Å². The minimum Gasteiger partial charge on any atom is -0.468 e. The van der Waals surface area contributed by atoms with E-state index in [-0.39, 0.29) is 6.10 Å². The molecule has 1 heterocycles. The molecule has 1 fully saturated rings. The van der Waals surface area contributed by atoms with E-state index in [2.05, 4.69) is 15.9 Å². The SMILES string of the molecule is COC(=O)C(Br)[C@@H]1C(O)OCC[C@H]1OCc1ccccc1. The van der Waals surface area contributed by atoms with Crippen LogP contribution in [0.25, 0.3) is 0 Å². The third-order valence-corrected chi connectivity index (χ3v) is 4.51. The van der Waals surface area contributed by atoms with E-state index in [1.165, 1.54) is 7.11 Å². The second kappa shape index (κ2) is 7.89. The molecule has 2 rings (SSSR count). The maximum atomic E-state index is 11.7. The number of carbonyl (C=O) groups is 1. The van der Waals surface area contributed by atoms with Crippen LogP contribution in [-0.4, -0.2) is 42.0 Å². The zero-order valence-corrected chi connectivity index (χ0v) is 13.4. The van der Waals surface area contributed by atoms with E-state index in [0.717, 1.165) is 5.56 Å². The summed E-state index contributed by atoms with van der Waals surface area (Å²) >= 11 is 3.28. The van der Waals surface area contributed by atoms with Gasteiger partial charge in [0.15, 0.2) is 6.29 Å². The number of aliphatic hydroxyl groups is 1. The van der Waals surface area contributed by atoms with Gasteiger partial charge in [-0.3, -0.25) is 4.79 Å². The summed E-state index contributed by atoms with van der Waals surface area (Å²) in [5.74, 6) is -0.951. The molecule has 0 saturated carbocycles. The Hall–Kier alpha value is -0.950. The van der Waals surface area contributed by atoms with Crippen molar-refractivity contribution in [3.63, 3.8) is 0 Å². The second-order valence-electron chi connectivity index (χ2n) is 4.89. The molecule has 6 heteroatoms. The van der Waals surface area contributed by atoms with Gasteiger partial charge in [-0.1, -0.05) is 46.3 Å². The largest absolute Gasteiger partial charge is 0.468 e. The molecule has 1 aliphatic heterocycles. The molecule has 0 aromatic heterocycles. The van der Waals surface area contributed by atoms with Crippen molar-refractivity contribution in [3.05, 3.63) is 35.9 Å². The predicted molar refractivity (Wildman–Crippen MR) is 79.8 cm³/mol. The summed E-state index contributed by atoms with van der Waals surface area (Å²) in [7, 11) is 1.31. The topological polar surface area (TPSA) is 65.0 Å². The van der Waals surface area contributed by atoms with Crippen LogP contribution in [-0.2, 0) is 25.6 Å². The molecule has 4 atom stereocenters. The molecule has 1 N–H and O–H groups in total. The number of methoxy groups -OCH3 is 1. The van der Waals surface area contributed by atoms with Crippen molar-refractivity contribution in [1.82, 2.24) is 0 Å². The van der Waals surface area contributed by atoms with Crippen molar-refractivity contribution in [2.75, 3.05) is 13.7 Å². The minimum absolute atomic E-state index is 0.280. The Morgan fingerprint density at radius 2 is 2.19 bits per heavy atom. The Morgan fingerprint density at radius 1 is 1.48 bits per heavy atom. The van der Waals surface area contributed by atoms with E-state index in [1.54, 1.807) is 0 Å². The third kappa shape index (κ3) is 4.26. The quantitative estimate of drug-likeness (QED) is 0.642. The van der Waals surface area contributed by atoms with Crippen LogP contribution in [0.4, 0.5) is 0 Å². The predicted octanol–water partition coefficient (Wildman–Crippen LogP) is 1.86. The van der Waals surface area contributed by atoms with E-state index >= 15 is 0 Å². The number of hydrogen-bond donors (Lipinski definition) is 1. The van der Waals surface area contributed by atoms with Gasteiger partial charge >= 0.3 is 5.97 Å². The third-order valence-electron chi connectivity index (χ3n) is 3.52. The van der Waals surface area contributed by atoms with Gasteiger partial charge in [0.2, 0.25) is 0 Å². The number of hydrogen-bond acceptors (Lipinski definition) is 5. The fraction of sp³-hybridized carbons (Fsp3) is 0.533. The molecule has 1 aromatic carbocycles. The van der Waals surface area contributed by atoms with Gasteiger partial charge in [-0.15, -0.1) is 0 Å². The summed E-state index contributed by atoms with van der Waals surface area (Å²) in [6.45, 7) is 0.827. The summed E-state index contributed by atoms with van der Waals surface area (Å²) in [4.78, 5) is 11.0. The molecule has 116 valence electrons. The summed E-state index contributed by atoms with van der Waals surface area (Å²) < 4.78 is 15.8. The molecule has 0 bridgehead atoms. The summed E-state index contributed by atoms with van der Waals surface area (Å²) in [5.41, 5.74) is 1.04. The first-order valence-electron chi connectivity index (χ1n) is 6.80. The number of benzene rings is 1. The van der Waals surface area contributed by atoms with Crippen LogP contribution < -0.4 is 0 Å². The van der Waals surface area contributed by atoms with Crippen molar-refractivity contribution < 1.29 is 24.1 Å². The lowest BCUT2D eigenvalue weighted by molar-refractivity contribution is -0.208. The average molecular weight is 359 g/mol. The van der Waals surface area contributed by atoms with Crippen LogP contribution in [0, 0.1) is 5.92 Å². The van der Waals surface area contributed by atoms with Crippen molar-refractivity contribution in [2.45, 2.75) is 30.2 Å². The average Bonchev–Trinajstić information content (AvgIpc) is 2.52. The second-order valence-corrected chi connectivity index (χ2v) is 5.87. The number of alkyl halides is 1. The highest BCUT2D eigenvalue weighted by atomic mass is 79.9. The summed E-state index contributed by atoms with van der Waals surface area (Å²) in [6, 6.07) is 9.76. The van der Waals surface area contributed by atoms with Gasteiger partial charge in [0.1, 0.15) is 4.83 Å². The fourth-order valence-electron chi connectivity index (χ4n) is 2.37. The number of aliphatic hydroxyl groups excluding tert-OH is 1. The standard InChI is InChI=1S/C15H19BrO5/c1-19-15(18)13(16)12-11(7-8-20-14(12)17)21-9-10-5-3-2-4-6-10/h2-6,11-14,17H,7-9H2,1H3/t11-,12-,13?,14?/m1/s1. The molecule has 0 amide bonds. The Labute approximate surface area is 132 Å². The number of esters is 1.